The van der Waals surface area contributed by atoms with Crippen molar-refractivity contribution in [1.29, 1.82) is 0 Å². The molecule has 3 aromatic heterocycles. The van der Waals surface area contributed by atoms with Gasteiger partial charge in [0.15, 0.2) is 11.4 Å². The lowest BCUT2D eigenvalue weighted by molar-refractivity contribution is -0.136. The molecule has 0 aliphatic carbocycles. The number of aliphatic carboxylic acids is 1. The second-order valence-electron chi connectivity index (χ2n) is 8.57. The maximum absolute atomic E-state index is 13.6. The van der Waals surface area contributed by atoms with Gasteiger partial charge in [0.2, 0.25) is 5.95 Å². The van der Waals surface area contributed by atoms with Crippen LogP contribution in [-0.4, -0.2) is 62.2 Å². The van der Waals surface area contributed by atoms with Gasteiger partial charge in [-0.25, -0.2) is 15.0 Å². The lowest BCUT2D eigenvalue weighted by atomic mass is 10.1. The highest BCUT2D eigenvalue weighted by Gasteiger charge is 2.20. The van der Waals surface area contributed by atoms with E-state index < -0.39 is 17.6 Å². The first-order valence-corrected chi connectivity index (χ1v) is 11.6. The zero-order chi connectivity index (χ0) is 26.5. The Morgan fingerprint density at radius 1 is 1.05 bits per heavy atom. The summed E-state index contributed by atoms with van der Waals surface area (Å²) in [5, 5.41) is 22.5. The summed E-state index contributed by atoms with van der Waals surface area (Å²) in [5.41, 5.74) is 1.51. The number of hydrogen-bond acceptors (Lipinski definition) is 8. The van der Waals surface area contributed by atoms with E-state index in [4.69, 9.17) is 5.11 Å². The fraction of sp³-hybridized carbons (Fsp3) is 0.231. The lowest BCUT2D eigenvalue weighted by Crippen LogP contribution is -2.27. The van der Waals surface area contributed by atoms with Crippen LogP contribution in [0, 0.1) is 0 Å². The first-order valence-electron chi connectivity index (χ1n) is 11.6. The van der Waals surface area contributed by atoms with Gasteiger partial charge in [-0.05, 0) is 18.1 Å². The van der Waals surface area contributed by atoms with Crippen molar-refractivity contribution in [3.8, 4) is 16.9 Å². The van der Waals surface area contributed by atoms with Crippen molar-refractivity contribution >= 4 is 28.7 Å². The van der Waals surface area contributed by atoms with Gasteiger partial charge in [0.1, 0.15) is 0 Å². The van der Waals surface area contributed by atoms with Gasteiger partial charge in [0.25, 0.3) is 11.5 Å². The minimum absolute atomic E-state index is 0.120. The molecule has 0 bridgehead atoms. The summed E-state index contributed by atoms with van der Waals surface area (Å²) in [6.45, 7) is 0.180. The van der Waals surface area contributed by atoms with E-state index >= 15 is 0 Å². The molecule has 11 heteroatoms. The fourth-order valence-electron chi connectivity index (χ4n) is 3.86. The van der Waals surface area contributed by atoms with Crippen molar-refractivity contribution in [3.05, 3.63) is 76.6 Å². The molecule has 190 valence electrons. The first kappa shape index (κ1) is 25.3. The second-order valence-corrected chi connectivity index (χ2v) is 8.57. The number of nitrogens with zero attached hydrogens (tertiary/aromatic N) is 5. The molecule has 0 fully saturated rings. The smallest absolute Gasteiger partial charge is 0.305 e. The van der Waals surface area contributed by atoms with E-state index in [-0.39, 0.29) is 35.2 Å². The molecule has 1 aromatic carbocycles. The van der Waals surface area contributed by atoms with Crippen LogP contribution in [0.3, 0.4) is 0 Å². The number of aryl methyl sites for hydroxylation is 2. The van der Waals surface area contributed by atoms with Crippen molar-refractivity contribution in [2.45, 2.75) is 19.4 Å². The monoisotopic (exact) mass is 502 g/mol. The van der Waals surface area contributed by atoms with E-state index in [1.807, 2.05) is 30.3 Å². The molecule has 3 N–H and O–H groups in total. The minimum atomic E-state index is -1.06. The van der Waals surface area contributed by atoms with Crippen LogP contribution in [0.1, 0.15) is 22.5 Å². The maximum Gasteiger partial charge on any atom is 0.305 e. The SMILES string of the molecule is CN(C)c1ncc(-c2cc3c(O)c(C(=O)NCCC(=O)O)ncc3n(CCc3ccccc3)c2=O)cn1. The molecular formula is C26H26N6O5. The fourth-order valence-corrected chi connectivity index (χ4v) is 3.86. The molecule has 11 nitrogen and oxygen atoms in total. The number of carbonyl (C=O) groups is 2. The van der Waals surface area contributed by atoms with Crippen LogP contribution in [0.4, 0.5) is 5.95 Å². The number of anilines is 1. The van der Waals surface area contributed by atoms with Crippen molar-refractivity contribution in [1.82, 2.24) is 24.8 Å². The Morgan fingerprint density at radius 2 is 1.76 bits per heavy atom. The molecule has 0 radical (unpaired) electrons. The van der Waals surface area contributed by atoms with E-state index in [1.54, 1.807) is 19.0 Å². The van der Waals surface area contributed by atoms with Crippen LogP contribution in [0.15, 0.2) is 59.8 Å². The summed E-state index contributed by atoms with van der Waals surface area (Å²) in [6, 6.07) is 11.2. The Morgan fingerprint density at radius 3 is 2.41 bits per heavy atom. The summed E-state index contributed by atoms with van der Waals surface area (Å²) in [5.74, 6) is -1.72. The van der Waals surface area contributed by atoms with Gasteiger partial charge >= 0.3 is 5.97 Å². The zero-order valence-corrected chi connectivity index (χ0v) is 20.4. The van der Waals surface area contributed by atoms with E-state index in [1.165, 1.54) is 29.2 Å². The van der Waals surface area contributed by atoms with Crippen LogP contribution in [-0.2, 0) is 17.8 Å². The van der Waals surface area contributed by atoms with Gasteiger partial charge < -0.3 is 25.0 Å². The normalized spacial score (nSPS) is 10.9. The van der Waals surface area contributed by atoms with Gasteiger partial charge in [-0.3, -0.25) is 14.4 Å². The number of hydrogen-bond donors (Lipinski definition) is 3. The molecule has 1 amide bonds. The highest BCUT2D eigenvalue weighted by Crippen LogP contribution is 2.30. The second kappa shape index (κ2) is 10.9. The third-order valence-corrected chi connectivity index (χ3v) is 5.78. The van der Waals surface area contributed by atoms with Crippen LogP contribution in [0.25, 0.3) is 22.0 Å². The molecule has 0 saturated carbocycles. The Bertz CT molecular complexity index is 1500. The number of rotatable bonds is 9. The third kappa shape index (κ3) is 5.56. The zero-order valence-electron chi connectivity index (χ0n) is 20.4. The summed E-state index contributed by atoms with van der Waals surface area (Å²) >= 11 is 0. The number of aromatic hydroxyl groups is 1. The Kier molecular flexibility index (Phi) is 7.42. The van der Waals surface area contributed by atoms with E-state index in [0.717, 1.165) is 5.56 Å². The summed E-state index contributed by atoms with van der Waals surface area (Å²) in [6.07, 6.45) is 4.71. The van der Waals surface area contributed by atoms with Crippen molar-refractivity contribution < 1.29 is 19.8 Å². The van der Waals surface area contributed by atoms with Crippen LogP contribution in [0.2, 0.25) is 0 Å². The number of pyridine rings is 2. The van der Waals surface area contributed by atoms with Crippen molar-refractivity contribution in [2.75, 3.05) is 25.5 Å². The van der Waals surface area contributed by atoms with Crippen molar-refractivity contribution in [2.24, 2.45) is 0 Å². The predicted molar refractivity (Wildman–Crippen MR) is 138 cm³/mol. The highest BCUT2D eigenvalue weighted by molar-refractivity contribution is 6.01. The maximum atomic E-state index is 13.6. The van der Waals surface area contributed by atoms with Crippen LogP contribution >= 0.6 is 0 Å². The molecular weight excluding hydrogens is 476 g/mol. The average molecular weight is 503 g/mol. The van der Waals surface area contributed by atoms with Gasteiger partial charge in [-0.1, -0.05) is 30.3 Å². The summed E-state index contributed by atoms with van der Waals surface area (Å²) < 4.78 is 1.51. The minimum Gasteiger partial charge on any atom is -0.505 e. The van der Waals surface area contributed by atoms with Gasteiger partial charge in [-0.15, -0.1) is 0 Å². The molecule has 0 aliphatic heterocycles. The number of amides is 1. The third-order valence-electron chi connectivity index (χ3n) is 5.78. The van der Waals surface area contributed by atoms with Crippen LogP contribution in [0.5, 0.6) is 5.75 Å². The number of aromatic nitrogens is 4. The topological polar surface area (TPSA) is 151 Å². The predicted octanol–water partition coefficient (Wildman–Crippen LogP) is 2.07. The molecule has 0 atom stereocenters. The Balaban J connectivity index is 1.82. The summed E-state index contributed by atoms with van der Waals surface area (Å²) in [7, 11) is 3.60. The molecule has 0 spiro atoms. The van der Waals surface area contributed by atoms with E-state index in [9.17, 15) is 19.5 Å². The average Bonchev–Trinajstić information content (AvgIpc) is 2.88. The molecule has 4 rings (SSSR count). The quantitative estimate of drug-likeness (QED) is 0.312. The Labute approximate surface area is 212 Å². The molecule has 0 aliphatic rings. The van der Waals surface area contributed by atoms with Crippen LogP contribution < -0.4 is 15.8 Å². The van der Waals surface area contributed by atoms with E-state index in [0.29, 0.717) is 30.0 Å². The summed E-state index contributed by atoms with van der Waals surface area (Å²) in [4.78, 5) is 51.4. The molecule has 0 saturated heterocycles. The number of carbonyl (C=O) groups excluding carboxylic acids is 1. The number of carboxylic acids is 1. The Hall–Kier alpha value is -4.80. The molecule has 3 heterocycles. The molecule has 4 aromatic rings. The van der Waals surface area contributed by atoms with E-state index in [2.05, 4.69) is 20.3 Å². The lowest BCUT2D eigenvalue weighted by Gasteiger charge is -2.16. The largest absolute Gasteiger partial charge is 0.505 e. The molecule has 37 heavy (non-hydrogen) atoms. The van der Waals surface area contributed by atoms with Gasteiger partial charge in [0, 0.05) is 50.5 Å². The number of benzene rings is 1. The van der Waals surface area contributed by atoms with Crippen molar-refractivity contribution in [3.63, 3.8) is 0 Å². The standard InChI is InChI=1S/C26H26N6O5/c1-31(2)26-29-13-17(14-30-26)18-12-19-20(32(25(18)37)11-9-16-6-4-3-5-7-16)15-28-22(23(19)35)24(36)27-10-8-21(33)34/h3-7,12-15,35H,8-11H2,1-2H3,(H,27,36)(H,33,34). The number of nitrogens with one attached hydrogen (secondary N) is 1. The highest BCUT2D eigenvalue weighted by atomic mass is 16.4. The van der Waals surface area contributed by atoms with Gasteiger partial charge in [-0.2, -0.15) is 0 Å². The number of carboxylic acid groups (broad SMARTS) is 1. The molecule has 0 unspecified atom stereocenters. The first-order chi connectivity index (χ1) is 17.8. The van der Waals surface area contributed by atoms with Gasteiger partial charge in [0.05, 0.1) is 23.7 Å². The number of fused-ring (bicyclic) bond motifs is 1.